The topological polar surface area (TPSA) is 120 Å². The van der Waals surface area contributed by atoms with Gasteiger partial charge in [0, 0.05) is 32.3 Å². The highest BCUT2D eigenvalue weighted by molar-refractivity contribution is 5.95. The van der Waals surface area contributed by atoms with E-state index in [1.807, 2.05) is 35.2 Å². The van der Waals surface area contributed by atoms with Gasteiger partial charge in [-0.05, 0) is 13.8 Å². The van der Waals surface area contributed by atoms with E-state index in [1.165, 1.54) is 11.2 Å². The van der Waals surface area contributed by atoms with Gasteiger partial charge in [0.15, 0.2) is 16.9 Å². The van der Waals surface area contributed by atoms with Gasteiger partial charge < -0.3 is 14.2 Å². The number of halogens is 3. The molecule has 0 bridgehead atoms. The van der Waals surface area contributed by atoms with Crippen LogP contribution in [0, 0.1) is 6.92 Å². The normalized spacial score (nSPS) is 16.4. The molecule has 1 fully saturated rings. The van der Waals surface area contributed by atoms with Crippen LogP contribution in [0.5, 0.6) is 5.88 Å². The van der Waals surface area contributed by atoms with E-state index >= 15 is 0 Å². The number of ether oxygens (including phenoxy) is 1. The minimum Gasteiger partial charge on any atom is -0.471 e. The van der Waals surface area contributed by atoms with E-state index < -0.39 is 29.4 Å². The lowest BCUT2D eigenvalue weighted by atomic mass is 10.2. The summed E-state index contributed by atoms with van der Waals surface area (Å²) in [4.78, 5) is 27.3. The van der Waals surface area contributed by atoms with Crippen molar-refractivity contribution in [2.75, 3.05) is 13.1 Å². The summed E-state index contributed by atoms with van der Waals surface area (Å²) in [6.45, 7) is 5.03. The number of aryl methyl sites for hydroxylation is 2. The minimum absolute atomic E-state index is 0.106. The van der Waals surface area contributed by atoms with Crippen molar-refractivity contribution in [2.24, 2.45) is 7.05 Å². The first-order valence-corrected chi connectivity index (χ1v) is 11.0. The van der Waals surface area contributed by atoms with Crippen LogP contribution in [-0.4, -0.2) is 69.5 Å². The number of nitrogens with one attached hydrogen (secondary N) is 1. The minimum atomic E-state index is -4.70. The lowest BCUT2D eigenvalue weighted by molar-refractivity contribution is -0.141. The number of hydrogen-bond donors (Lipinski definition) is 1. The third kappa shape index (κ3) is 3.88. The number of H-pyrrole nitrogens is 1. The van der Waals surface area contributed by atoms with E-state index in [9.17, 15) is 18.0 Å². The van der Waals surface area contributed by atoms with Crippen molar-refractivity contribution in [3.63, 3.8) is 0 Å². The molecule has 4 aromatic rings. The van der Waals surface area contributed by atoms with Gasteiger partial charge in [-0.3, -0.25) is 14.6 Å². The zero-order valence-electron chi connectivity index (χ0n) is 19.2. The average Bonchev–Trinajstić information content (AvgIpc) is 3.60. The molecule has 0 spiro atoms. The molecule has 1 saturated heterocycles. The predicted molar refractivity (Wildman–Crippen MR) is 116 cm³/mol. The monoisotopic (exact) mass is 489 g/mol. The SMILES string of the molecule is CCn1ncc(-c2nc3c(O[C@H]4CCN(C(=O)c5cn[nH]c5C(F)(F)F)C4)ncnc3n2C)c1C. The number of imidazole rings is 1. The van der Waals surface area contributed by atoms with Gasteiger partial charge in [-0.25, -0.2) is 9.97 Å². The molecule has 0 unspecified atom stereocenters. The molecule has 0 saturated carbocycles. The molecule has 1 aliphatic heterocycles. The van der Waals surface area contributed by atoms with Crippen molar-refractivity contribution in [3.8, 4) is 17.3 Å². The number of likely N-dealkylation sites (tertiary alicyclic amines) is 1. The summed E-state index contributed by atoms with van der Waals surface area (Å²) < 4.78 is 49.2. The summed E-state index contributed by atoms with van der Waals surface area (Å²) in [6, 6.07) is 0. The molecular weight excluding hydrogens is 467 g/mol. The Kier molecular flexibility index (Phi) is 5.44. The first kappa shape index (κ1) is 22.8. The van der Waals surface area contributed by atoms with Crippen LogP contribution >= 0.6 is 0 Å². The van der Waals surface area contributed by atoms with Gasteiger partial charge in [-0.15, -0.1) is 0 Å². The molecule has 14 heteroatoms. The lowest BCUT2D eigenvalue weighted by Crippen LogP contribution is -2.32. The van der Waals surface area contributed by atoms with Gasteiger partial charge in [-0.2, -0.15) is 28.4 Å². The standard InChI is InChI=1S/C21H22F3N9O2/c1-4-33-11(2)13(8-28-33)17-29-15-18(31(17)3)25-10-26-19(15)35-12-5-6-32(9-12)20(34)14-7-27-30-16(14)21(22,23)24/h7-8,10,12H,4-6,9H2,1-3H3,(H,27,30)/t12-/m0/s1. The molecule has 0 radical (unpaired) electrons. The number of carbonyl (C=O) groups is 1. The highest BCUT2D eigenvalue weighted by Gasteiger charge is 2.40. The zero-order chi connectivity index (χ0) is 24.9. The number of alkyl halides is 3. The maximum atomic E-state index is 13.2. The second kappa shape index (κ2) is 8.36. The molecule has 184 valence electrons. The van der Waals surface area contributed by atoms with E-state index in [0.29, 0.717) is 23.4 Å². The van der Waals surface area contributed by atoms with E-state index in [1.54, 1.807) is 6.20 Å². The van der Waals surface area contributed by atoms with Gasteiger partial charge in [0.1, 0.15) is 18.3 Å². The number of amides is 1. The predicted octanol–water partition coefficient (Wildman–Crippen LogP) is 2.59. The van der Waals surface area contributed by atoms with E-state index in [4.69, 9.17) is 9.72 Å². The van der Waals surface area contributed by atoms with Gasteiger partial charge in [-0.1, -0.05) is 0 Å². The number of carbonyl (C=O) groups excluding carboxylic acids is 1. The summed E-state index contributed by atoms with van der Waals surface area (Å²) in [5.74, 6) is 0.148. The Morgan fingerprint density at radius 1 is 1.29 bits per heavy atom. The van der Waals surface area contributed by atoms with Crippen LogP contribution in [0.25, 0.3) is 22.6 Å². The molecule has 1 atom stereocenters. The quantitative estimate of drug-likeness (QED) is 0.458. The number of aromatic amines is 1. The fraction of sp³-hybridized carbons (Fsp3) is 0.429. The Bertz CT molecular complexity index is 1400. The van der Waals surface area contributed by atoms with Crippen molar-refractivity contribution in [3.05, 3.63) is 35.7 Å². The number of rotatable bonds is 5. The van der Waals surface area contributed by atoms with E-state index in [2.05, 4.69) is 20.2 Å². The van der Waals surface area contributed by atoms with Crippen LogP contribution < -0.4 is 4.74 Å². The number of nitrogens with zero attached hydrogens (tertiary/aromatic N) is 8. The van der Waals surface area contributed by atoms with Crippen LogP contribution in [0.2, 0.25) is 0 Å². The number of fused-ring (bicyclic) bond motifs is 1. The Morgan fingerprint density at radius 3 is 2.80 bits per heavy atom. The highest BCUT2D eigenvalue weighted by Crippen LogP contribution is 2.32. The summed E-state index contributed by atoms with van der Waals surface area (Å²) in [5.41, 5.74) is 1.16. The average molecular weight is 489 g/mol. The van der Waals surface area contributed by atoms with Crippen molar-refractivity contribution >= 4 is 17.1 Å². The number of aromatic nitrogens is 8. The smallest absolute Gasteiger partial charge is 0.433 e. The fourth-order valence-electron chi connectivity index (χ4n) is 4.29. The molecule has 5 heterocycles. The summed E-state index contributed by atoms with van der Waals surface area (Å²) in [6.07, 6.45) is -0.728. The van der Waals surface area contributed by atoms with Gasteiger partial charge in [0.2, 0.25) is 5.88 Å². The van der Waals surface area contributed by atoms with Gasteiger partial charge >= 0.3 is 6.18 Å². The van der Waals surface area contributed by atoms with Crippen molar-refractivity contribution in [1.29, 1.82) is 0 Å². The summed E-state index contributed by atoms with van der Waals surface area (Å²) in [7, 11) is 1.84. The summed E-state index contributed by atoms with van der Waals surface area (Å²) >= 11 is 0. The Balaban J connectivity index is 1.38. The molecular formula is C21H22F3N9O2. The zero-order valence-corrected chi connectivity index (χ0v) is 19.2. The van der Waals surface area contributed by atoms with Crippen molar-refractivity contribution in [1.82, 2.24) is 44.4 Å². The largest absolute Gasteiger partial charge is 0.471 e. The molecule has 4 aromatic heterocycles. The Labute approximate surface area is 196 Å². The summed E-state index contributed by atoms with van der Waals surface area (Å²) in [5, 5.41) is 9.63. The third-order valence-corrected chi connectivity index (χ3v) is 6.13. The first-order valence-electron chi connectivity index (χ1n) is 11.0. The maximum absolute atomic E-state index is 13.2. The first-order chi connectivity index (χ1) is 16.7. The van der Waals surface area contributed by atoms with Gasteiger partial charge in [0.05, 0.1) is 30.1 Å². The number of hydrogen-bond acceptors (Lipinski definition) is 7. The highest BCUT2D eigenvalue weighted by atomic mass is 19.4. The van der Waals surface area contributed by atoms with Crippen LogP contribution in [0.1, 0.15) is 35.1 Å². The molecule has 1 aliphatic rings. The molecule has 1 N–H and O–H groups in total. The molecule has 11 nitrogen and oxygen atoms in total. The molecule has 0 aliphatic carbocycles. The molecule has 1 amide bonds. The molecule has 5 rings (SSSR count). The maximum Gasteiger partial charge on any atom is 0.433 e. The van der Waals surface area contributed by atoms with Crippen molar-refractivity contribution in [2.45, 2.75) is 39.1 Å². The Hall–Kier alpha value is -3.97. The van der Waals surface area contributed by atoms with Crippen LogP contribution in [-0.2, 0) is 19.8 Å². The van der Waals surface area contributed by atoms with Gasteiger partial charge in [0.25, 0.3) is 5.91 Å². The second-order valence-corrected chi connectivity index (χ2v) is 8.24. The molecule has 35 heavy (non-hydrogen) atoms. The van der Waals surface area contributed by atoms with Crippen LogP contribution in [0.4, 0.5) is 13.2 Å². The Morgan fingerprint density at radius 2 is 2.09 bits per heavy atom. The molecule has 0 aromatic carbocycles. The second-order valence-electron chi connectivity index (χ2n) is 8.24. The van der Waals surface area contributed by atoms with E-state index in [0.717, 1.165) is 24.0 Å². The van der Waals surface area contributed by atoms with E-state index in [-0.39, 0.29) is 19.0 Å². The van der Waals surface area contributed by atoms with Crippen molar-refractivity contribution < 1.29 is 22.7 Å². The lowest BCUT2D eigenvalue weighted by Gasteiger charge is -2.17. The van der Waals surface area contributed by atoms with Crippen LogP contribution in [0.15, 0.2) is 18.7 Å². The third-order valence-electron chi connectivity index (χ3n) is 6.13. The van der Waals surface area contributed by atoms with Crippen LogP contribution in [0.3, 0.4) is 0 Å². The fourth-order valence-corrected chi connectivity index (χ4v) is 4.29.